The van der Waals surface area contributed by atoms with Crippen molar-refractivity contribution in [1.29, 1.82) is 0 Å². The molecule has 0 unspecified atom stereocenters. The van der Waals surface area contributed by atoms with Gasteiger partial charge in [-0.1, -0.05) is 6.92 Å². The minimum atomic E-state index is -0.378. The fourth-order valence-electron chi connectivity index (χ4n) is 1.83. The average molecular weight is 156 g/mol. The van der Waals surface area contributed by atoms with Crippen LogP contribution >= 0.6 is 0 Å². The van der Waals surface area contributed by atoms with Crippen LogP contribution in [0.2, 0.25) is 0 Å². The molecule has 0 bridgehead atoms. The van der Waals surface area contributed by atoms with E-state index in [2.05, 4.69) is 6.92 Å². The number of carbonyl (C=O) groups excluding carboxylic acids is 1. The highest BCUT2D eigenvalue weighted by atomic mass is 16.3. The highest BCUT2D eigenvalue weighted by molar-refractivity contribution is 5.78. The van der Waals surface area contributed by atoms with Gasteiger partial charge >= 0.3 is 0 Å². The fraction of sp³-hybridized carbons (Fsp3) is 0.889. The molecule has 1 aliphatic carbocycles. The number of rotatable bonds is 1. The van der Waals surface area contributed by atoms with Gasteiger partial charge in [-0.25, -0.2) is 0 Å². The van der Waals surface area contributed by atoms with Crippen LogP contribution in [0.5, 0.6) is 0 Å². The Kier molecular flexibility index (Phi) is 2.66. The van der Waals surface area contributed by atoms with Gasteiger partial charge in [0, 0.05) is 5.92 Å². The van der Waals surface area contributed by atoms with E-state index in [4.69, 9.17) is 0 Å². The lowest BCUT2D eigenvalue weighted by Gasteiger charge is -2.29. The van der Waals surface area contributed by atoms with Crippen LogP contribution in [0.1, 0.15) is 33.1 Å². The van der Waals surface area contributed by atoms with Crippen molar-refractivity contribution in [1.82, 2.24) is 0 Å². The van der Waals surface area contributed by atoms with Crippen LogP contribution in [0.3, 0.4) is 0 Å². The third-order valence-corrected chi connectivity index (χ3v) is 2.60. The maximum atomic E-state index is 11.0. The van der Waals surface area contributed by atoms with Crippen molar-refractivity contribution >= 4 is 5.78 Å². The molecule has 1 fully saturated rings. The molecule has 1 saturated carbocycles. The van der Waals surface area contributed by atoms with Crippen molar-refractivity contribution in [3.05, 3.63) is 0 Å². The average Bonchev–Trinajstić information content (AvgIpc) is 1.85. The second-order valence-corrected chi connectivity index (χ2v) is 3.70. The van der Waals surface area contributed by atoms with Crippen LogP contribution < -0.4 is 0 Å². The lowest BCUT2D eigenvalue weighted by molar-refractivity contribution is -0.126. The molecule has 1 N–H and O–H groups in total. The molecule has 0 spiro atoms. The zero-order valence-corrected chi connectivity index (χ0v) is 7.21. The van der Waals surface area contributed by atoms with Crippen LogP contribution in [0.4, 0.5) is 0 Å². The van der Waals surface area contributed by atoms with Gasteiger partial charge in [-0.05, 0) is 32.1 Å². The number of ketones is 1. The Hall–Kier alpha value is -0.370. The Labute approximate surface area is 67.6 Å². The molecule has 0 amide bonds. The highest BCUT2D eigenvalue weighted by Crippen LogP contribution is 2.28. The maximum absolute atomic E-state index is 11.0. The Balaban J connectivity index is 2.50. The first-order chi connectivity index (χ1) is 5.11. The topological polar surface area (TPSA) is 37.3 Å². The molecule has 0 aliphatic heterocycles. The number of hydrogen-bond acceptors (Lipinski definition) is 2. The van der Waals surface area contributed by atoms with Crippen molar-refractivity contribution in [2.75, 3.05) is 0 Å². The van der Waals surface area contributed by atoms with Crippen molar-refractivity contribution < 1.29 is 9.90 Å². The van der Waals surface area contributed by atoms with Crippen LogP contribution in [0, 0.1) is 11.8 Å². The van der Waals surface area contributed by atoms with Crippen LogP contribution in [0.15, 0.2) is 0 Å². The normalized spacial score (nSPS) is 38.6. The van der Waals surface area contributed by atoms with Crippen molar-refractivity contribution in [3.63, 3.8) is 0 Å². The zero-order chi connectivity index (χ0) is 8.43. The summed E-state index contributed by atoms with van der Waals surface area (Å²) in [6.45, 7) is 3.70. The van der Waals surface area contributed by atoms with Crippen molar-refractivity contribution in [2.45, 2.75) is 39.2 Å². The molecule has 0 heterocycles. The predicted molar refractivity (Wildman–Crippen MR) is 43.2 cm³/mol. The first-order valence-corrected chi connectivity index (χ1v) is 4.29. The number of hydrogen-bond donors (Lipinski definition) is 1. The van der Waals surface area contributed by atoms with Crippen molar-refractivity contribution in [3.8, 4) is 0 Å². The van der Waals surface area contributed by atoms with Gasteiger partial charge in [0.1, 0.15) is 5.78 Å². The summed E-state index contributed by atoms with van der Waals surface area (Å²) < 4.78 is 0. The zero-order valence-electron chi connectivity index (χ0n) is 7.21. The summed E-state index contributed by atoms with van der Waals surface area (Å²) in [6, 6.07) is 0. The summed E-state index contributed by atoms with van der Waals surface area (Å²) in [6.07, 6.45) is 2.37. The lowest BCUT2D eigenvalue weighted by atomic mass is 9.79. The van der Waals surface area contributed by atoms with E-state index in [1.165, 1.54) is 0 Å². The summed E-state index contributed by atoms with van der Waals surface area (Å²) in [5, 5.41) is 9.49. The number of Topliss-reactive ketones (excluding diaryl/α,β-unsaturated/α-hetero) is 1. The van der Waals surface area contributed by atoms with E-state index < -0.39 is 0 Å². The molecule has 0 saturated heterocycles. The fourth-order valence-corrected chi connectivity index (χ4v) is 1.83. The standard InChI is InChI=1S/C9H16O2/c1-6-3-4-8(7(2)10)9(11)5-6/h6,8-9,11H,3-5H2,1-2H3/t6-,8+,9+/m1/s1. The van der Waals surface area contributed by atoms with Gasteiger partial charge in [0.05, 0.1) is 6.10 Å². The summed E-state index contributed by atoms with van der Waals surface area (Å²) in [5.41, 5.74) is 0. The molecule has 11 heavy (non-hydrogen) atoms. The predicted octanol–water partition coefficient (Wildman–Crippen LogP) is 1.37. The maximum Gasteiger partial charge on any atom is 0.135 e. The second kappa shape index (κ2) is 3.35. The third-order valence-electron chi connectivity index (χ3n) is 2.60. The quantitative estimate of drug-likeness (QED) is 0.622. The smallest absolute Gasteiger partial charge is 0.135 e. The number of aliphatic hydroxyl groups excluding tert-OH is 1. The Morgan fingerprint density at radius 3 is 2.55 bits per heavy atom. The highest BCUT2D eigenvalue weighted by Gasteiger charge is 2.29. The van der Waals surface area contributed by atoms with E-state index in [0.29, 0.717) is 5.92 Å². The molecule has 1 rings (SSSR count). The van der Waals surface area contributed by atoms with Crippen LogP contribution in [-0.4, -0.2) is 17.0 Å². The van der Waals surface area contributed by atoms with Gasteiger partial charge in [0.2, 0.25) is 0 Å². The molecule has 1 aliphatic rings. The van der Waals surface area contributed by atoms with Gasteiger partial charge in [0.15, 0.2) is 0 Å². The van der Waals surface area contributed by atoms with E-state index in [-0.39, 0.29) is 17.8 Å². The molecule has 3 atom stereocenters. The van der Waals surface area contributed by atoms with E-state index >= 15 is 0 Å². The SMILES string of the molecule is CC(=O)[C@@H]1CC[C@@H](C)C[C@@H]1O. The molecule has 2 nitrogen and oxygen atoms in total. The molecular weight excluding hydrogens is 140 g/mol. The van der Waals surface area contributed by atoms with Gasteiger partial charge in [0.25, 0.3) is 0 Å². The molecule has 2 heteroatoms. The van der Waals surface area contributed by atoms with Crippen LogP contribution in [-0.2, 0) is 4.79 Å². The Morgan fingerprint density at radius 1 is 1.45 bits per heavy atom. The largest absolute Gasteiger partial charge is 0.392 e. The molecule has 0 aromatic rings. The summed E-state index contributed by atoms with van der Waals surface area (Å²) in [4.78, 5) is 11.0. The van der Waals surface area contributed by atoms with E-state index in [1.54, 1.807) is 6.92 Å². The van der Waals surface area contributed by atoms with Gasteiger partial charge in [-0.2, -0.15) is 0 Å². The van der Waals surface area contributed by atoms with E-state index in [9.17, 15) is 9.90 Å². The monoisotopic (exact) mass is 156 g/mol. The summed E-state index contributed by atoms with van der Waals surface area (Å²) in [7, 11) is 0. The number of carbonyl (C=O) groups is 1. The van der Waals surface area contributed by atoms with Crippen molar-refractivity contribution in [2.24, 2.45) is 11.8 Å². The Morgan fingerprint density at radius 2 is 2.09 bits per heavy atom. The minimum absolute atomic E-state index is 0.0776. The first kappa shape index (κ1) is 8.72. The summed E-state index contributed by atoms with van der Waals surface area (Å²) >= 11 is 0. The second-order valence-electron chi connectivity index (χ2n) is 3.70. The molecule has 0 aromatic carbocycles. The van der Waals surface area contributed by atoms with Gasteiger partial charge in [-0.3, -0.25) is 4.79 Å². The first-order valence-electron chi connectivity index (χ1n) is 4.29. The molecule has 0 radical (unpaired) electrons. The Bertz CT molecular complexity index is 154. The molecule has 0 aromatic heterocycles. The van der Waals surface area contributed by atoms with E-state index in [1.807, 2.05) is 0 Å². The van der Waals surface area contributed by atoms with E-state index in [0.717, 1.165) is 19.3 Å². The third kappa shape index (κ3) is 2.03. The number of aliphatic hydroxyl groups is 1. The van der Waals surface area contributed by atoms with Gasteiger partial charge < -0.3 is 5.11 Å². The summed E-state index contributed by atoms with van der Waals surface area (Å²) in [5.74, 6) is 0.649. The lowest BCUT2D eigenvalue weighted by Crippen LogP contribution is -2.32. The van der Waals surface area contributed by atoms with Crippen LogP contribution in [0.25, 0.3) is 0 Å². The molecule has 64 valence electrons. The van der Waals surface area contributed by atoms with Gasteiger partial charge in [-0.15, -0.1) is 0 Å². The molecular formula is C9H16O2. The minimum Gasteiger partial charge on any atom is -0.392 e.